The fraction of sp³-hybridized carbons (Fsp3) is 0.409. The fourth-order valence-electron chi connectivity index (χ4n) is 2.98. The molecule has 0 fully saturated rings. The summed E-state index contributed by atoms with van der Waals surface area (Å²) >= 11 is 0. The van der Waals surface area contributed by atoms with Gasteiger partial charge in [-0.25, -0.2) is 8.42 Å². The van der Waals surface area contributed by atoms with Gasteiger partial charge in [-0.2, -0.15) is 4.31 Å². The Hall–Kier alpha value is -2.42. The number of hydrogen-bond acceptors (Lipinski definition) is 5. The number of rotatable bonds is 10. The van der Waals surface area contributed by atoms with Crippen LogP contribution in [-0.4, -0.2) is 63.9 Å². The van der Waals surface area contributed by atoms with Crippen LogP contribution >= 0.6 is 0 Å². The fourth-order valence-corrected chi connectivity index (χ4v) is 4.68. The first-order valence-electron chi connectivity index (χ1n) is 9.99. The van der Waals surface area contributed by atoms with Gasteiger partial charge in [0, 0.05) is 25.3 Å². The molecule has 30 heavy (non-hydrogen) atoms. The monoisotopic (exact) mass is 433 g/mol. The van der Waals surface area contributed by atoms with Crippen molar-refractivity contribution in [2.45, 2.75) is 25.7 Å². The maximum absolute atomic E-state index is 12.9. The van der Waals surface area contributed by atoms with Gasteiger partial charge in [-0.1, -0.05) is 32.0 Å². The number of para-hydroxylation sites is 1. The molecule has 0 saturated carbocycles. The molecule has 2 rings (SSSR count). The molecule has 2 aromatic rings. The van der Waals surface area contributed by atoms with Crippen LogP contribution in [-0.2, 0) is 10.0 Å². The molecule has 0 aromatic heterocycles. The third-order valence-corrected chi connectivity index (χ3v) is 6.89. The van der Waals surface area contributed by atoms with Gasteiger partial charge in [0.15, 0.2) is 0 Å². The molecule has 0 atom stereocenters. The summed E-state index contributed by atoms with van der Waals surface area (Å²) in [5.74, 6) is 0.130. The SMILES string of the molecule is CCN(CC)S(=O)(=O)c1cc(NC(=O)c2ccccc2OCCN(C)C)ccc1C. The van der Waals surface area contributed by atoms with Crippen molar-refractivity contribution in [3.8, 4) is 5.75 Å². The highest BCUT2D eigenvalue weighted by atomic mass is 32.2. The van der Waals surface area contributed by atoms with Crippen molar-refractivity contribution < 1.29 is 17.9 Å². The second-order valence-electron chi connectivity index (χ2n) is 7.17. The van der Waals surface area contributed by atoms with E-state index in [1.807, 2.05) is 25.1 Å². The molecule has 0 radical (unpaired) electrons. The van der Waals surface area contributed by atoms with E-state index >= 15 is 0 Å². The molecule has 0 unspecified atom stereocenters. The number of anilines is 1. The number of hydrogen-bond donors (Lipinski definition) is 1. The van der Waals surface area contributed by atoms with Crippen LogP contribution in [0.2, 0.25) is 0 Å². The summed E-state index contributed by atoms with van der Waals surface area (Å²) in [5, 5.41) is 2.80. The van der Waals surface area contributed by atoms with Crippen molar-refractivity contribution in [2.75, 3.05) is 45.7 Å². The van der Waals surface area contributed by atoms with E-state index in [1.54, 1.807) is 51.1 Å². The van der Waals surface area contributed by atoms with E-state index in [0.29, 0.717) is 42.3 Å². The van der Waals surface area contributed by atoms with Crippen molar-refractivity contribution in [3.63, 3.8) is 0 Å². The Bertz CT molecular complexity index is 970. The van der Waals surface area contributed by atoms with Crippen molar-refractivity contribution in [2.24, 2.45) is 0 Å². The highest BCUT2D eigenvalue weighted by molar-refractivity contribution is 7.89. The first-order chi connectivity index (χ1) is 14.2. The topological polar surface area (TPSA) is 79.0 Å². The van der Waals surface area contributed by atoms with E-state index in [2.05, 4.69) is 5.32 Å². The molecule has 164 valence electrons. The predicted octanol–water partition coefficient (Wildman–Crippen LogP) is 3.22. The van der Waals surface area contributed by atoms with Gasteiger partial charge < -0.3 is 15.0 Å². The summed E-state index contributed by atoms with van der Waals surface area (Å²) in [5.41, 5.74) is 1.44. The van der Waals surface area contributed by atoms with E-state index in [0.717, 1.165) is 6.54 Å². The first kappa shape index (κ1) is 23.9. The summed E-state index contributed by atoms with van der Waals surface area (Å²) in [6.07, 6.45) is 0. The third-order valence-electron chi connectivity index (χ3n) is 4.70. The van der Waals surface area contributed by atoms with Gasteiger partial charge >= 0.3 is 0 Å². The van der Waals surface area contributed by atoms with Crippen LogP contribution in [0.5, 0.6) is 5.75 Å². The molecular formula is C22H31N3O4S. The predicted molar refractivity (Wildman–Crippen MR) is 120 cm³/mol. The summed E-state index contributed by atoms with van der Waals surface area (Å²) in [7, 11) is 0.265. The number of carbonyl (C=O) groups excluding carboxylic acids is 1. The number of nitrogens with zero attached hydrogens (tertiary/aromatic N) is 2. The maximum atomic E-state index is 12.9. The summed E-state index contributed by atoms with van der Waals surface area (Å²) in [6, 6.07) is 11.9. The lowest BCUT2D eigenvalue weighted by Crippen LogP contribution is -2.31. The molecule has 0 saturated heterocycles. The zero-order chi connectivity index (χ0) is 22.3. The van der Waals surface area contributed by atoms with Crippen LogP contribution in [0.3, 0.4) is 0 Å². The summed E-state index contributed by atoms with van der Waals surface area (Å²) < 4.78 is 33.0. The molecule has 0 aliphatic carbocycles. The minimum absolute atomic E-state index is 0.194. The normalized spacial score (nSPS) is 11.7. The van der Waals surface area contributed by atoms with E-state index in [-0.39, 0.29) is 10.8 Å². The van der Waals surface area contributed by atoms with Gasteiger partial charge in [-0.15, -0.1) is 0 Å². The highest BCUT2D eigenvalue weighted by Gasteiger charge is 2.24. The molecule has 0 aliphatic rings. The first-order valence-corrected chi connectivity index (χ1v) is 11.4. The number of sulfonamides is 1. The highest BCUT2D eigenvalue weighted by Crippen LogP contribution is 2.25. The lowest BCUT2D eigenvalue weighted by molar-refractivity contribution is 0.102. The van der Waals surface area contributed by atoms with E-state index < -0.39 is 10.0 Å². The second-order valence-corrected chi connectivity index (χ2v) is 9.08. The molecule has 1 N–H and O–H groups in total. The molecule has 7 nitrogen and oxygen atoms in total. The molecule has 8 heteroatoms. The number of nitrogens with one attached hydrogen (secondary N) is 1. The van der Waals surface area contributed by atoms with Gasteiger partial charge in [0.2, 0.25) is 10.0 Å². The summed E-state index contributed by atoms with van der Waals surface area (Å²) in [4.78, 5) is 15.0. The second kappa shape index (κ2) is 10.6. The average molecular weight is 434 g/mol. The molecular weight excluding hydrogens is 402 g/mol. The third kappa shape index (κ3) is 5.81. The molecule has 1 amide bonds. The minimum Gasteiger partial charge on any atom is -0.491 e. The Labute approximate surface area is 179 Å². The van der Waals surface area contributed by atoms with Crippen molar-refractivity contribution in [3.05, 3.63) is 53.6 Å². The van der Waals surface area contributed by atoms with Gasteiger partial charge in [-0.3, -0.25) is 4.79 Å². The minimum atomic E-state index is -3.63. The van der Waals surface area contributed by atoms with E-state index in [9.17, 15) is 13.2 Å². The number of benzene rings is 2. The number of amides is 1. The number of ether oxygens (including phenoxy) is 1. The number of carbonyl (C=O) groups is 1. The molecule has 0 heterocycles. The molecule has 0 spiro atoms. The number of likely N-dealkylation sites (N-methyl/N-ethyl adjacent to an activating group) is 1. The van der Waals surface area contributed by atoms with Crippen LogP contribution < -0.4 is 10.1 Å². The Morgan fingerprint density at radius 3 is 2.37 bits per heavy atom. The largest absolute Gasteiger partial charge is 0.491 e. The molecule has 2 aromatic carbocycles. The van der Waals surface area contributed by atoms with Crippen LogP contribution in [0.1, 0.15) is 29.8 Å². The standard InChI is InChI=1S/C22H31N3O4S/c1-6-25(7-2)30(27,28)21-16-18(13-12-17(21)3)23-22(26)19-10-8-9-11-20(19)29-15-14-24(4)5/h8-13,16H,6-7,14-15H2,1-5H3,(H,23,26). The van der Waals surface area contributed by atoms with Crippen LogP contribution in [0.25, 0.3) is 0 Å². The van der Waals surface area contributed by atoms with Gasteiger partial charge in [-0.05, 0) is 50.8 Å². The van der Waals surface area contributed by atoms with Crippen molar-refractivity contribution in [1.29, 1.82) is 0 Å². The lowest BCUT2D eigenvalue weighted by atomic mass is 10.1. The van der Waals surface area contributed by atoms with E-state index in [4.69, 9.17) is 4.74 Å². The Balaban J connectivity index is 2.27. The maximum Gasteiger partial charge on any atom is 0.259 e. The lowest BCUT2D eigenvalue weighted by Gasteiger charge is -2.20. The molecule has 0 bridgehead atoms. The number of aryl methyl sites for hydroxylation is 1. The Morgan fingerprint density at radius 1 is 1.07 bits per heavy atom. The zero-order valence-electron chi connectivity index (χ0n) is 18.3. The quantitative estimate of drug-likeness (QED) is 0.622. The van der Waals surface area contributed by atoms with Crippen LogP contribution in [0.4, 0.5) is 5.69 Å². The van der Waals surface area contributed by atoms with Gasteiger partial charge in [0.05, 0.1) is 10.5 Å². The summed E-state index contributed by atoms with van der Waals surface area (Å²) in [6.45, 7) is 7.29. The van der Waals surface area contributed by atoms with Gasteiger partial charge in [0.1, 0.15) is 12.4 Å². The zero-order valence-corrected chi connectivity index (χ0v) is 19.1. The smallest absolute Gasteiger partial charge is 0.259 e. The Kier molecular flexibility index (Phi) is 8.40. The Morgan fingerprint density at radius 2 is 1.73 bits per heavy atom. The van der Waals surface area contributed by atoms with Crippen LogP contribution in [0.15, 0.2) is 47.4 Å². The van der Waals surface area contributed by atoms with E-state index in [1.165, 1.54) is 10.4 Å². The average Bonchev–Trinajstić information content (AvgIpc) is 2.70. The van der Waals surface area contributed by atoms with Gasteiger partial charge in [0.25, 0.3) is 5.91 Å². The molecule has 0 aliphatic heterocycles. The van der Waals surface area contributed by atoms with Crippen molar-refractivity contribution in [1.82, 2.24) is 9.21 Å². The van der Waals surface area contributed by atoms with Crippen LogP contribution in [0, 0.1) is 6.92 Å². The van der Waals surface area contributed by atoms with Crippen molar-refractivity contribution >= 4 is 21.6 Å².